The van der Waals surface area contributed by atoms with Gasteiger partial charge in [0.05, 0.1) is 24.5 Å². The van der Waals surface area contributed by atoms with E-state index in [4.69, 9.17) is 16.3 Å². The van der Waals surface area contributed by atoms with Crippen LogP contribution in [0.15, 0.2) is 24.5 Å². The Hall–Kier alpha value is -2.77. The van der Waals surface area contributed by atoms with Crippen LogP contribution in [0.4, 0.5) is 5.69 Å². The van der Waals surface area contributed by atoms with Crippen molar-refractivity contribution in [2.45, 2.75) is 65.1 Å². The normalized spacial score (nSPS) is 18.0. The minimum Gasteiger partial charge on any atom is -0.496 e. The predicted molar refractivity (Wildman–Crippen MR) is 147 cm³/mol. The van der Waals surface area contributed by atoms with Crippen molar-refractivity contribution in [3.05, 3.63) is 51.8 Å². The molecule has 2 aromatic carbocycles. The molecule has 1 aliphatic rings. The first-order valence-electron chi connectivity index (χ1n) is 12.8. The number of aromatic amines is 1. The molecule has 0 saturated heterocycles. The molecule has 1 heterocycles. The molecule has 7 nitrogen and oxygen atoms in total. The Morgan fingerprint density at radius 2 is 1.86 bits per heavy atom. The lowest BCUT2D eigenvalue weighted by molar-refractivity contribution is 0.0950. The van der Waals surface area contributed by atoms with Crippen LogP contribution >= 0.6 is 11.6 Å². The molecule has 194 valence electrons. The summed E-state index contributed by atoms with van der Waals surface area (Å²) in [7, 11) is 5.97. The third kappa shape index (κ3) is 5.18. The molecule has 36 heavy (non-hydrogen) atoms. The molecular formula is C28H38ClN5O2. The Kier molecular flexibility index (Phi) is 8.10. The van der Waals surface area contributed by atoms with Crippen molar-refractivity contribution in [1.29, 1.82) is 0 Å². The molecule has 0 unspecified atom stereocenters. The van der Waals surface area contributed by atoms with Gasteiger partial charge in [-0.1, -0.05) is 11.6 Å². The number of nitrogens with one attached hydrogen (secondary N) is 2. The molecule has 2 N–H and O–H groups in total. The van der Waals surface area contributed by atoms with Crippen LogP contribution in [-0.2, 0) is 6.54 Å². The number of aromatic nitrogens is 2. The summed E-state index contributed by atoms with van der Waals surface area (Å²) in [5, 5.41) is 3.67. The molecule has 1 aromatic heterocycles. The number of anilines is 1. The van der Waals surface area contributed by atoms with Crippen molar-refractivity contribution in [1.82, 2.24) is 20.2 Å². The fraction of sp³-hybridized carbons (Fsp3) is 0.500. The first kappa shape index (κ1) is 26.3. The van der Waals surface area contributed by atoms with Crippen molar-refractivity contribution >= 4 is 34.2 Å². The van der Waals surface area contributed by atoms with Crippen molar-refractivity contribution < 1.29 is 9.53 Å². The van der Waals surface area contributed by atoms with Gasteiger partial charge in [0, 0.05) is 47.0 Å². The molecule has 0 atom stereocenters. The number of aryl methyl sites for hydroxylation is 1. The van der Waals surface area contributed by atoms with Crippen LogP contribution in [0.25, 0.3) is 11.0 Å². The van der Waals surface area contributed by atoms with Crippen molar-refractivity contribution in [3.63, 3.8) is 0 Å². The number of methoxy groups -OCH3 is 1. The van der Waals surface area contributed by atoms with E-state index in [1.54, 1.807) is 19.5 Å². The number of hydrogen-bond donors (Lipinski definition) is 2. The number of benzene rings is 2. The van der Waals surface area contributed by atoms with Gasteiger partial charge >= 0.3 is 0 Å². The Bertz CT molecular complexity index is 1230. The van der Waals surface area contributed by atoms with E-state index < -0.39 is 0 Å². The summed E-state index contributed by atoms with van der Waals surface area (Å²) in [6.45, 7) is 7.38. The van der Waals surface area contributed by atoms with E-state index in [2.05, 4.69) is 46.1 Å². The summed E-state index contributed by atoms with van der Waals surface area (Å²) in [5.41, 5.74) is 6.25. The topological polar surface area (TPSA) is 73.5 Å². The zero-order chi connectivity index (χ0) is 26.0. The highest BCUT2D eigenvalue weighted by atomic mass is 35.5. The van der Waals surface area contributed by atoms with Gasteiger partial charge in [-0.25, -0.2) is 4.98 Å². The largest absolute Gasteiger partial charge is 0.496 e. The van der Waals surface area contributed by atoms with E-state index in [-0.39, 0.29) is 5.91 Å². The van der Waals surface area contributed by atoms with Crippen LogP contribution in [-0.4, -0.2) is 60.6 Å². The summed E-state index contributed by atoms with van der Waals surface area (Å²) in [6.07, 6.45) is 6.31. The van der Waals surface area contributed by atoms with Gasteiger partial charge in [-0.2, -0.15) is 0 Å². The second kappa shape index (κ2) is 11.1. The highest BCUT2D eigenvalue weighted by Gasteiger charge is 2.28. The summed E-state index contributed by atoms with van der Waals surface area (Å²) in [5.74, 6) is 0.567. The summed E-state index contributed by atoms with van der Waals surface area (Å²) >= 11 is 6.57. The molecule has 0 aliphatic heterocycles. The lowest BCUT2D eigenvalue weighted by atomic mass is 9.89. The second-order valence-corrected chi connectivity index (χ2v) is 10.4. The number of H-pyrrole nitrogens is 1. The number of rotatable bonds is 8. The van der Waals surface area contributed by atoms with Crippen LogP contribution < -0.4 is 15.0 Å². The number of nitrogens with zero attached hydrogens (tertiary/aromatic N) is 3. The number of fused-ring (bicyclic) bond motifs is 1. The second-order valence-electron chi connectivity index (χ2n) is 9.99. The molecule has 0 spiro atoms. The summed E-state index contributed by atoms with van der Waals surface area (Å²) < 4.78 is 5.61. The Balaban J connectivity index is 1.57. The van der Waals surface area contributed by atoms with Crippen molar-refractivity contribution in [2.75, 3.05) is 32.6 Å². The summed E-state index contributed by atoms with van der Waals surface area (Å²) in [4.78, 5) is 25.8. The number of hydrogen-bond acceptors (Lipinski definition) is 5. The van der Waals surface area contributed by atoms with Gasteiger partial charge in [0.2, 0.25) is 0 Å². The average Bonchev–Trinajstić information content (AvgIpc) is 3.36. The third-order valence-electron chi connectivity index (χ3n) is 7.68. The Morgan fingerprint density at radius 3 is 2.50 bits per heavy atom. The van der Waals surface area contributed by atoms with Gasteiger partial charge < -0.3 is 24.8 Å². The molecule has 1 saturated carbocycles. The SMILES string of the molecule is CCN(c1cc(Cl)cc(C(=O)NCc2c(OC)cc(C)c3nc[nH]c23)c1C)C1CCC(N(C)C)CC1. The maximum atomic E-state index is 13.4. The molecule has 4 rings (SSSR count). The monoisotopic (exact) mass is 511 g/mol. The van der Waals surface area contributed by atoms with Crippen LogP contribution in [0.5, 0.6) is 5.75 Å². The molecule has 3 aromatic rings. The molecule has 8 heteroatoms. The van der Waals surface area contributed by atoms with Crippen molar-refractivity contribution in [2.24, 2.45) is 0 Å². The molecule has 1 fully saturated rings. The van der Waals surface area contributed by atoms with Gasteiger partial charge in [0.25, 0.3) is 5.91 Å². The zero-order valence-corrected chi connectivity index (χ0v) is 23.0. The van der Waals surface area contributed by atoms with Gasteiger partial charge in [-0.3, -0.25) is 4.79 Å². The van der Waals surface area contributed by atoms with E-state index in [0.29, 0.717) is 29.2 Å². The van der Waals surface area contributed by atoms with Gasteiger partial charge in [-0.05, 0) is 89.9 Å². The fourth-order valence-corrected chi connectivity index (χ4v) is 5.84. The van der Waals surface area contributed by atoms with E-state index in [1.807, 2.05) is 26.0 Å². The fourth-order valence-electron chi connectivity index (χ4n) is 5.63. The first-order chi connectivity index (χ1) is 17.2. The Morgan fingerprint density at radius 1 is 1.17 bits per heavy atom. The van der Waals surface area contributed by atoms with E-state index in [0.717, 1.165) is 58.5 Å². The maximum absolute atomic E-state index is 13.4. The van der Waals surface area contributed by atoms with Gasteiger partial charge in [-0.15, -0.1) is 0 Å². The number of carbonyl (C=O) groups is 1. The number of ether oxygens (including phenoxy) is 1. The smallest absolute Gasteiger partial charge is 0.251 e. The molecule has 1 amide bonds. The minimum atomic E-state index is -0.154. The maximum Gasteiger partial charge on any atom is 0.251 e. The number of imidazole rings is 1. The van der Waals surface area contributed by atoms with Crippen LogP contribution in [0, 0.1) is 13.8 Å². The Labute approximate surface area is 219 Å². The van der Waals surface area contributed by atoms with Crippen molar-refractivity contribution in [3.8, 4) is 5.75 Å². The lowest BCUT2D eigenvalue weighted by Gasteiger charge is -2.40. The van der Waals surface area contributed by atoms with E-state index in [1.165, 1.54) is 12.8 Å². The predicted octanol–water partition coefficient (Wildman–Crippen LogP) is 5.47. The number of carbonyl (C=O) groups excluding carboxylic acids is 1. The third-order valence-corrected chi connectivity index (χ3v) is 7.90. The highest BCUT2D eigenvalue weighted by Crippen LogP contribution is 2.34. The number of halogens is 1. The number of amides is 1. The first-order valence-corrected chi connectivity index (χ1v) is 13.1. The van der Waals surface area contributed by atoms with E-state index in [9.17, 15) is 4.79 Å². The molecule has 1 aliphatic carbocycles. The summed E-state index contributed by atoms with van der Waals surface area (Å²) in [6, 6.07) is 6.82. The minimum absolute atomic E-state index is 0.154. The standard InChI is InChI=1S/C28H38ClN5O2/c1-7-34(21-10-8-20(9-11-21)33(4)5)24-14-19(29)13-22(18(24)3)28(35)30-15-23-25(36-6)12-17(2)26-27(23)32-16-31-26/h12-14,16,20-21H,7-11,15H2,1-6H3,(H,30,35)(H,31,32). The molecule has 0 radical (unpaired) electrons. The highest BCUT2D eigenvalue weighted by molar-refractivity contribution is 6.31. The quantitative estimate of drug-likeness (QED) is 0.419. The molecule has 0 bridgehead atoms. The van der Waals surface area contributed by atoms with Crippen LogP contribution in [0.1, 0.15) is 59.7 Å². The van der Waals surface area contributed by atoms with Crippen LogP contribution in [0.2, 0.25) is 5.02 Å². The van der Waals surface area contributed by atoms with E-state index >= 15 is 0 Å². The zero-order valence-electron chi connectivity index (χ0n) is 22.2. The lowest BCUT2D eigenvalue weighted by Crippen LogP contribution is -2.42. The van der Waals surface area contributed by atoms with Crippen LogP contribution in [0.3, 0.4) is 0 Å². The van der Waals surface area contributed by atoms with Gasteiger partial charge in [0.1, 0.15) is 5.75 Å². The average molecular weight is 512 g/mol. The molecular weight excluding hydrogens is 474 g/mol. The van der Waals surface area contributed by atoms with Gasteiger partial charge in [0.15, 0.2) is 0 Å².